The number of thioether (sulfide) groups is 1. The molecule has 0 unspecified atom stereocenters. The summed E-state index contributed by atoms with van der Waals surface area (Å²) in [5.41, 5.74) is 4.07. The number of amides is 1. The molecule has 3 rings (SSSR count). The second-order valence-corrected chi connectivity index (χ2v) is 7.41. The highest BCUT2D eigenvalue weighted by Gasteiger charge is 2.33. The van der Waals surface area contributed by atoms with Crippen LogP contribution < -0.4 is 11.1 Å². The summed E-state index contributed by atoms with van der Waals surface area (Å²) in [6.07, 6.45) is -0.731. The van der Waals surface area contributed by atoms with E-state index in [0.29, 0.717) is 23.3 Å². The Hall–Kier alpha value is -2.69. The summed E-state index contributed by atoms with van der Waals surface area (Å²) < 4.78 is 51.7. The van der Waals surface area contributed by atoms with Gasteiger partial charge < -0.3 is 11.1 Å². The molecule has 6 nitrogen and oxygen atoms in total. The first-order chi connectivity index (χ1) is 13.1. The zero-order valence-corrected chi connectivity index (χ0v) is 15.4. The number of halogens is 4. The third-order valence-electron chi connectivity index (χ3n) is 4.20. The number of nitrogens with one attached hydrogen (secondary N) is 1. The lowest BCUT2D eigenvalue weighted by Gasteiger charge is -2.29. The molecular weight excluding hydrogens is 398 g/mol. The lowest BCUT2D eigenvalue weighted by Crippen LogP contribution is -2.29. The highest BCUT2D eigenvalue weighted by molar-refractivity contribution is 8.13. The Morgan fingerprint density at radius 1 is 1.29 bits per heavy atom. The minimum atomic E-state index is -4.75. The fourth-order valence-corrected chi connectivity index (χ4v) is 3.62. The highest BCUT2D eigenvalue weighted by atomic mass is 32.2. The van der Waals surface area contributed by atoms with Gasteiger partial charge in [-0.1, -0.05) is 11.8 Å². The molecule has 2 aromatic heterocycles. The van der Waals surface area contributed by atoms with Crippen molar-refractivity contribution in [2.75, 3.05) is 11.1 Å². The Morgan fingerprint density at radius 3 is 2.68 bits per heavy atom. The molecule has 3 N–H and O–H groups in total. The number of aromatic nitrogens is 2. The van der Waals surface area contributed by atoms with Crippen molar-refractivity contribution in [3.63, 3.8) is 0 Å². The van der Waals surface area contributed by atoms with Crippen LogP contribution in [-0.4, -0.2) is 26.8 Å². The van der Waals surface area contributed by atoms with E-state index in [4.69, 9.17) is 5.73 Å². The normalized spacial score (nSPS) is 19.8. The van der Waals surface area contributed by atoms with Gasteiger partial charge in [0.15, 0.2) is 16.7 Å². The van der Waals surface area contributed by atoms with Gasteiger partial charge in [-0.05, 0) is 31.0 Å². The van der Waals surface area contributed by atoms with Gasteiger partial charge >= 0.3 is 6.18 Å². The van der Waals surface area contributed by atoms with E-state index in [9.17, 15) is 22.4 Å². The Kier molecular flexibility index (Phi) is 5.28. The fraction of sp³-hybridized carbons (Fsp3) is 0.294. The topological polar surface area (TPSA) is 93.3 Å². The molecule has 1 atom stereocenters. The van der Waals surface area contributed by atoms with E-state index in [0.717, 1.165) is 5.75 Å². The summed E-state index contributed by atoms with van der Waals surface area (Å²) in [5.74, 6) is -1.59. The first kappa shape index (κ1) is 20.1. The number of alkyl halides is 3. The van der Waals surface area contributed by atoms with Gasteiger partial charge in [-0.15, -0.1) is 0 Å². The quantitative estimate of drug-likeness (QED) is 0.751. The molecule has 148 valence electrons. The number of nitrogens with zero attached hydrogens (tertiary/aromatic N) is 3. The molecule has 0 spiro atoms. The predicted molar refractivity (Wildman–Crippen MR) is 97.4 cm³/mol. The van der Waals surface area contributed by atoms with E-state index >= 15 is 0 Å². The number of pyridine rings is 2. The van der Waals surface area contributed by atoms with Gasteiger partial charge in [-0.3, -0.25) is 14.8 Å². The second-order valence-electron chi connectivity index (χ2n) is 6.29. The van der Waals surface area contributed by atoms with E-state index in [1.165, 1.54) is 18.0 Å². The fourth-order valence-electron chi connectivity index (χ4n) is 2.65. The van der Waals surface area contributed by atoms with Crippen molar-refractivity contribution in [2.45, 2.75) is 25.1 Å². The number of aliphatic imine (C=N–C) groups is 1. The van der Waals surface area contributed by atoms with E-state index in [-0.39, 0.29) is 11.8 Å². The summed E-state index contributed by atoms with van der Waals surface area (Å²) in [6.45, 7) is 1.87. The van der Waals surface area contributed by atoms with Crippen molar-refractivity contribution in [1.29, 1.82) is 0 Å². The minimum Gasteiger partial charge on any atom is -0.379 e. The number of hydrogen-bond acceptors (Lipinski definition) is 6. The average Bonchev–Trinajstić information content (AvgIpc) is 2.61. The number of rotatable bonds is 3. The molecule has 0 fully saturated rings. The van der Waals surface area contributed by atoms with Crippen molar-refractivity contribution in [3.05, 3.63) is 53.4 Å². The first-order valence-corrected chi connectivity index (χ1v) is 9.05. The zero-order chi connectivity index (χ0) is 20.5. The second kappa shape index (κ2) is 7.38. The Morgan fingerprint density at radius 2 is 2.04 bits per heavy atom. The molecule has 0 aromatic carbocycles. The molecule has 0 saturated heterocycles. The van der Waals surface area contributed by atoms with Gasteiger partial charge in [-0.25, -0.2) is 9.37 Å². The van der Waals surface area contributed by atoms with Crippen LogP contribution in [0.4, 0.5) is 23.2 Å². The molecule has 0 aliphatic carbocycles. The average molecular weight is 413 g/mol. The highest BCUT2D eigenvalue weighted by Crippen LogP contribution is 2.35. The van der Waals surface area contributed by atoms with Gasteiger partial charge in [0, 0.05) is 18.1 Å². The third kappa shape index (κ3) is 4.24. The smallest absolute Gasteiger partial charge is 0.379 e. The molecule has 0 bridgehead atoms. The minimum absolute atomic E-state index is 0.231. The van der Waals surface area contributed by atoms with Crippen molar-refractivity contribution in [2.24, 2.45) is 10.7 Å². The lowest BCUT2D eigenvalue weighted by molar-refractivity contribution is -0.138. The van der Waals surface area contributed by atoms with Crippen LogP contribution in [0.5, 0.6) is 0 Å². The third-order valence-corrected chi connectivity index (χ3v) is 4.99. The maximum atomic E-state index is 13.9. The molecule has 2 aromatic rings. The monoisotopic (exact) mass is 413 g/mol. The molecule has 1 aliphatic heterocycles. The van der Waals surface area contributed by atoms with E-state index in [1.807, 2.05) is 6.92 Å². The van der Waals surface area contributed by atoms with E-state index < -0.39 is 34.7 Å². The molecule has 0 radical (unpaired) electrons. The summed E-state index contributed by atoms with van der Waals surface area (Å²) in [5, 5.41) is 2.84. The van der Waals surface area contributed by atoms with Crippen LogP contribution in [0.25, 0.3) is 0 Å². The Balaban J connectivity index is 1.83. The van der Waals surface area contributed by atoms with Crippen molar-refractivity contribution in [3.8, 4) is 0 Å². The van der Waals surface area contributed by atoms with Crippen LogP contribution in [0.1, 0.15) is 35.0 Å². The van der Waals surface area contributed by atoms with Crippen molar-refractivity contribution < 1.29 is 22.4 Å². The van der Waals surface area contributed by atoms with Crippen LogP contribution in [0.3, 0.4) is 0 Å². The number of carbonyl (C=O) groups excluding carboxylic acids is 1. The van der Waals surface area contributed by atoms with Crippen LogP contribution in [0.15, 0.2) is 35.7 Å². The van der Waals surface area contributed by atoms with Crippen molar-refractivity contribution >= 4 is 28.5 Å². The maximum absolute atomic E-state index is 13.9. The summed E-state index contributed by atoms with van der Waals surface area (Å²) in [6, 6.07) is 1.84. The van der Waals surface area contributed by atoms with Gasteiger partial charge in [0.2, 0.25) is 0 Å². The molecule has 3 heterocycles. The SMILES string of the molecule is C[C@@]1(c2cncc(NC(=O)c3ncc(C(F)(F)F)cc3F)c2)CCSC(N)=N1. The number of nitrogens with two attached hydrogens (primary N) is 1. The molecule has 28 heavy (non-hydrogen) atoms. The zero-order valence-electron chi connectivity index (χ0n) is 14.5. The van der Waals surface area contributed by atoms with Crippen molar-refractivity contribution in [1.82, 2.24) is 9.97 Å². The number of hydrogen-bond donors (Lipinski definition) is 2. The predicted octanol–water partition coefficient (Wildman–Crippen LogP) is 3.55. The van der Waals surface area contributed by atoms with Gasteiger partial charge in [-0.2, -0.15) is 13.2 Å². The molecular formula is C17H15F4N5OS. The lowest BCUT2D eigenvalue weighted by atomic mass is 9.91. The largest absolute Gasteiger partial charge is 0.417 e. The number of anilines is 1. The molecule has 1 amide bonds. The summed E-state index contributed by atoms with van der Waals surface area (Å²) >= 11 is 1.44. The van der Waals surface area contributed by atoms with Crippen LogP contribution >= 0.6 is 11.8 Å². The van der Waals surface area contributed by atoms with Crippen LogP contribution in [-0.2, 0) is 11.7 Å². The van der Waals surface area contributed by atoms with Crippen LogP contribution in [0.2, 0.25) is 0 Å². The Labute approximate surface area is 161 Å². The molecule has 11 heteroatoms. The van der Waals surface area contributed by atoms with Gasteiger partial charge in [0.1, 0.15) is 0 Å². The first-order valence-electron chi connectivity index (χ1n) is 8.06. The Bertz CT molecular complexity index is 949. The summed E-state index contributed by atoms with van der Waals surface area (Å²) in [7, 11) is 0. The van der Waals surface area contributed by atoms with E-state index in [1.54, 1.807) is 12.3 Å². The summed E-state index contributed by atoms with van der Waals surface area (Å²) in [4.78, 5) is 24.0. The maximum Gasteiger partial charge on any atom is 0.417 e. The van der Waals surface area contributed by atoms with Gasteiger partial charge in [0.25, 0.3) is 5.91 Å². The molecule has 0 saturated carbocycles. The molecule has 1 aliphatic rings. The van der Waals surface area contributed by atoms with E-state index in [2.05, 4.69) is 20.3 Å². The van der Waals surface area contributed by atoms with Gasteiger partial charge in [0.05, 0.1) is 23.0 Å². The number of carbonyl (C=O) groups is 1. The standard InChI is InChI=1S/C17H15F4N5OS/c1-16(2-3-28-15(22)26-16)9-4-11(8-23-6-9)25-14(27)13-12(18)5-10(7-24-13)17(19,20)21/h4-8H,2-3H2,1H3,(H2,22,26)(H,25,27)/t16-/m0/s1. The number of amidine groups is 1. The van der Waals surface area contributed by atoms with Crippen LogP contribution in [0, 0.1) is 5.82 Å².